The van der Waals surface area contributed by atoms with Crippen LogP contribution < -0.4 is 10.6 Å². The van der Waals surface area contributed by atoms with Gasteiger partial charge in [0.1, 0.15) is 0 Å². The van der Waals surface area contributed by atoms with Gasteiger partial charge in [0.2, 0.25) is 0 Å². The number of amides is 2. The summed E-state index contributed by atoms with van der Waals surface area (Å²) in [6, 6.07) is 14.2. The molecule has 0 fully saturated rings. The number of urea groups is 1. The van der Waals surface area contributed by atoms with Crippen LogP contribution >= 0.6 is 0 Å². The molecule has 2 amide bonds. The number of benzene rings is 2. The van der Waals surface area contributed by atoms with Crippen LogP contribution in [0.1, 0.15) is 42.0 Å². The van der Waals surface area contributed by atoms with Crippen molar-refractivity contribution in [1.82, 2.24) is 5.32 Å². The van der Waals surface area contributed by atoms with Crippen molar-refractivity contribution in [3.8, 4) is 0 Å². The second-order valence-corrected chi connectivity index (χ2v) is 6.25. The largest absolute Gasteiger partial charge is 0.338 e. The number of anilines is 1. The zero-order valence-corrected chi connectivity index (χ0v) is 14.4. The lowest BCUT2D eigenvalue weighted by Gasteiger charge is -2.17. The number of carbonyl (C=O) groups excluding carboxylic acids is 1. The van der Waals surface area contributed by atoms with Gasteiger partial charge in [-0.3, -0.25) is 0 Å². The molecule has 0 aliphatic heterocycles. The smallest absolute Gasteiger partial charge is 0.319 e. The van der Waals surface area contributed by atoms with Crippen molar-refractivity contribution in [2.24, 2.45) is 0 Å². The second kappa shape index (κ2) is 7.82. The average molecular weight is 310 g/mol. The first-order chi connectivity index (χ1) is 11.0. The van der Waals surface area contributed by atoms with Crippen LogP contribution in [0, 0.1) is 13.8 Å². The Balaban J connectivity index is 1.94. The fourth-order valence-corrected chi connectivity index (χ4v) is 2.70. The van der Waals surface area contributed by atoms with Gasteiger partial charge in [-0.1, -0.05) is 56.3 Å². The first-order valence-electron chi connectivity index (χ1n) is 8.18. The lowest BCUT2D eigenvalue weighted by atomic mass is 9.98. The quantitative estimate of drug-likeness (QED) is 0.819. The molecule has 2 aromatic carbocycles. The average Bonchev–Trinajstić information content (AvgIpc) is 2.51. The molecule has 0 saturated carbocycles. The standard InChI is InChI=1S/C20H26N2O/c1-14(2)18-11-7-9-16(4)19(18)22-20(23)21-13-12-17-10-6-5-8-15(17)3/h5-11,14H,12-13H2,1-4H3,(H2,21,22,23). The molecule has 23 heavy (non-hydrogen) atoms. The van der Waals surface area contributed by atoms with Gasteiger partial charge in [-0.15, -0.1) is 0 Å². The van der Waals surface area contributed by atoms with Gasteiger partial charge in [0.25, 0.3) is 0 Å². The van der Waals surface area contributed by atoms with E-state index in [0.717, 1.165) is 17.7 Å². The topological polar surface area (TPSA) is 41.1 Å². The summed E-state index contributed by atoms with van der Waals surface area (Å²) in [5.74, 6) is 0.372. The first kappa shape index (κ1) is 17.1. The van der Waals surface area contributed by atoms with Crippen molar-refractivity contribution in [2.45, 2.75) is 40.0 Å². The Morgan fingerprint density at radius 1 is 1.00 bits per heavy atom. The molecule has 0 aliphatic carbocycles. The minimum absolute atomic E-state index is 0.144. The summed E-state index contributed by atoms with van der Waals surface area (Å²) >= 11 is 0. The third-order valence-corrected chi connectivity index (χ3v) is 4.11. The highest BCUT2D eigenvalue weighted by Crippen LogP contribution is 2.27. The Morgan fingerprint density at radius 3 is 2.39 bits per heavy atom. The molecule has 2 N–H and O–H groups in total. The van der Waals surface area contributed by atoms with Gasteiger partial charge in [0.05, 0.1) is 0 Å². The zero-order valence-electron chi connectivity index (χ0n) is 14.4. The summed E-state index contributed by atoms with van der Waals surface area (Å²) in [5, 5.41) is 5.96. The van der Waals surface area contributed by atoms with Gasteiger partial charge < -0.3 is 10.6 Å². The molecular formula is C20H26N2O. The van der Waals surface area contributed by atoms with Crippen molar-refractivity contribution in [1.29, 1.82) is 0 Å². The molecule has 3 heteroatoms. The van der Waals surface area contributed by atoms with E-state index in [2.05, 4.69) is 49.6 Å². The minimum atomic E-state index is -0.144. The van der Waals surface area contributed by atoms with Gasteiger partial charge in [-0.25, -0.2) is 4.79 Å². The molecule has 3 nitrogen and oxygen atoms in total. The van der Waals surface area contributed by atoms with Crippen LogP contribution in [0.5, 0.6) is 0 Å². The number of rotatable bonds is 5. The van der Waals surface area contributed by atoms with Gasteiger partial charge in [-0.2, -0.15) is 0 Å². The number of hydrogen-bond donors (Lipinski definition) is 2. The highest BCUT2D eigenvalue weighted by Gasteiger charge is 2.11. The van der Waals surface area contributed by atoms with E-state index in [1.54, 1.807) is 0 Å². The van der Waals surface area contributed by atoms with Gasteiger partial charge in [0.15, 0.2) is 0 Å². The minimum Gasteiger partial charge on any atom is -0.338 e. The van der Waals surface area contributed by atoms with Crippen LogP contribution in [0.2, 0.25) is 0 Å². The SMILES string of the molecule is Cc1ccccc1CCNC(=O)Nc1c(C)cccc1C(C)C. The van der Waals surface area contributed by atoms with Gasteiger partial charge >= 0.3 is 6.03 Å². The van der Waals surface area contributed by atoms with E-state index in [0.29, 0.717) is 12.5 Å². The number of carbonyl (C=O) groups is 1. The van der Waals surface area contributed by atoms with E-state index >= 15 is 0 Å². The molecular weight excluding hydrogens is 284 g/mol. The summed E-state index contributed by atoms with van der Waals surface area (Å²) < 4.78 is 0. The van der Waals surface area contributed by atoms with E-state index in [9.17, 15) is 4.79 Å². The number of nitrogens with one attached hydrogen (secondary N) is 2. The van der Waals surface area contributed by atoms with Crippen LogP contribution in [0.4, 0.5) is 10.5 Å². The van der Waals surface area contributed by atoms with E-state index in [1.165, 1.54) is 16.7 Å². The summed E-state index contributed by atoms with van der Waals surface area (Å²) in [4.78, 5) is 12.2. The van der Waals surface area contributed by atoms with Crippen LogP contribution in [0.15, 0.2) is 42.5 Å². The highest BCUT2D eigenvalue weighted by molar-refractivity contribution is 5.91. The lowest BCUT2D eigenvalue weighted by Crippen LogP contribution is -2.31. The van der Waals surface area contributed by atoms with Crippen molar-refractivity contribution >= 4 is 11.7 Å². The molecule has 0 heterocycles. The Morgan fingerprint density at radius 2 is 1.70 bits per heavy atom. The maximum Gasteiger partial charge on any atom is 0.319 e. The van der Waals surface area contributed by atoms with Crippen molar-refractivity contribution in [2.75, 3.05) is 11.9 Å². The van der Waals surface area contributed by atoms with E-state index in [-0.39, 0.29) is 6.03 Å². The molecule has 0 saturated heterocycles. The summed E-state index contributed by atoms with van der Waals surface area (Å²) in [6.45, 7) is 9.01. The summed E-state index contributed by atoms with van der Waals surface area (Å²) in [6.07, 6.45) is 0.838. The third kappa shape index (κ3) is 4.59. The lowest BCUT2D eigenvalue weighted by molar-refractivity contribution is 0.252. The third-order valence-electron chi connectivity index (χ3n) is 4.11. The van der Waals surface area contributed by atoms with Crippen molar-refractivity contribution < 1.29 is 4.79 Å². The molecule has 122 valence electrons. The molecule has 0 bridgehead atoms. The first-order valence-corrected chi connectivity index (χ1v) is 8.18. The fraction of sp³-hybridized carbons (Fsp3) is 0.350. The maximum absolute atomic E-state index is 12.2. The normalized spacial score (nSPS) is 10.7. The molecule has 0 unspecified atom stereocenters. The molecule has 0 spiro atoms. The van der Waals surface area contributed by atoms with Crippen molar-refractivity contribution in [3.05, 3.63) is 64.7 Å². The fourth-order valence-electron chi connectivity index (χ4n) is 2.70. The number of hydrogen-bond acceptors (Lipinski definition) is 1. The van der Waals surface area contributed by atoms with Gasteiger partial charge in [-0.05, 0) is 48.4 Å². The van der Waals surface area contributed by atoms with Crippen LogP contribution in [-0.2, 0) is 6.42 Å². The van der Waals surface area contributed by atoms with Crippen molar-refractivity contribution in [3.63, 3.8) is 0 Å². The number of aryl methyl sites for hydroxylation is 2. The van der Waals surface area contributed by atoms with E-state index in [1.807, 2.05) is 31.2 Å². The van der Waals surface area contributed by atoms with E-state index in [4.69, 9.17) is 0 Å². The molecule has 0 atom stereocenters. The van der Waals surface area contributed by atoms with E-state index < -0.39 is 0 Å². The van der Waals surface area contributed by atoms with Crippen LogP contribution in [-0.4, -0.2) is 12.6 Å². The zero-order chi connectivity index (χ0) is 16.8. The Bertz CT molecular complexity index is 677. The Hall–Kier alpha value is -2.29. The monoisotopic (exact) mass is 310 g/mol. The molecule has 0 aliphatic rings. The number of para-hydroxylation sites is 1. The predicted molar refractivity (Wildman–Crippen MR) is 97.2 cm³/mol. The molecule has 0 aromatic heterocycles. The second-order valence-electron chi connectivity index (χ2n) is 6.25. The van der Waals surface area contributed by atoms with Crippen LogP contribution in [0.25, 0.3) is 0 Å². The highest BCUT2D eigenvalue weighted by atomic mass is 16.2. The Labute approximate surface area is 139 Å². The molecule has 0 radical (unpaired) electrons. The molecule has 2 rings (SSSR count). The van der Waals surface area contributed by atoms with Gasteiger partial charge in [0, 0.05) is 12.2 Å². The summed E-state index contributed by atoms with van der Waals surface area (Å²) in [5.41, 5.74) is 5.71. The summed E-state index contributed by atoms with van der Waals surface area (Å²) in [7, 11) is 0. The van der Waals surface area contributed by atoms with Crippen LogP contribution in [0.3, 0.4) is 0 Å². The molecule has 2 aromatic rings. The predicted octanol–water partition coefficient (Wildman–Crippen LogP) is 4.79. The Kier molecular flexibility index (Phi) is 5.80. The maximum atomic E-state index is 12.2.